The number of likely N-dealkylation sites (tertiary alicyclic amines) is 1. The van der Waals surface area contributed by atoms with Crippen LogP contribution in [0.3, 0.4) is 0 Å². The van der Waals surface area contributed by atoms with Crippen LogP contribution in [0.5, 0.6) is 0 Å². The number of pyridine rings is 1. The van der Waals surface area contributed by atoms with Crippen molar-refractivity contribution < 1.29 is 17.9 Å². The first kappa shape index (κ1) is 18.4. The molecule has 3 rings (SSSR count). The average Bonchev–Trinajstić information content (AvgIpc) is 2.67. The molecule has 0 spiro atoms. The lowest BCUT2D eigenvalue weighted by molar-refractivity contribution is 0.0896. The van der Waals surface area contributed by atoms with Gasteiger partial charge in [-0.05, 0) is 24.5 Å². The summed E-state index contributed by atoms with van der Waals surface area (Å²) in [6.45, 7) is 0.952. The van der Waals surface area contributed by atoms with Crippen LogP contribution < -0.4 is 0 Å². The Labute approximate surface area is 153 Å². The zero-order valence-electron chi connectivity index (χ0n) is 14.5. The van der Waals surface area contributed by atoms with Gasteiger partial charge in [-0.3, -0.25) is 4.98 Å². The third-order valence-electron chi connectivity index (χ3n) is 4.50. The Balaban J connectivity index is 1.49. The Morgan fingerprint density at radius 2 is 1.77 bits per heavy atom. The maximum Gasteiger partial charge on any atom is 0.410 e. The van der Waals surface area contributed by atoms with E-state index in [1.54, 1.807) is 23.4 Å². The van der Waals surface area contributed by atoms with Gasteiger partial charge in [0.25, 0.3) is 0 Å². The van der Waals surface area contributed by atoms with Gasteiger partial charge in [0, 0.05) is 31.0 Å². The Morgan fingerprint density at radius 1 is 1.08 bits per heavy atom. The Morgan fingerprint density at radius 3 is 2.42 bits per heavy atom. The number of carbonyl (C=O) groups excluding carboxylic acids is 1. The van der Waals surface area contributed by atoms with Crippen molar-refractivity contribution in [3.05, 3.63) is 66.0 Å². The molecule has 0 unspecified atom stereocenters. The van der Waals surface area contributed by atoms with Gasteiger partial charge in [0.15, 0.2) is 9.84 Å². The molecule has 1 aliphatic heterocycles. The molecular weight excluding hydrogens is 352 g/mol. The van der Waals surface area contributed by atoms with Crippen LogP contribution in [0.4, 0.5) is 4.79 Å². The van der Waals surface area contributed by atoms with Gasteiger partial charge in [-0.15, -0.1) is 0 Å². The Hall–Kier alpha value is -2.41. The van der Waals surface area contributed by atoms with E-state index >= 15 is 0 Å². The number of sulfone groups is 1. The number of rotatable bonds is 5. The van der Waals surface area contributed by atoms with Gasteiger partial charge < -0.3 is 9.64 Å². The van der Waals surface area contributed by atoms with Crippen molar-refractivity contribution in [3.8, 4) is 0 Å². The van der Waals surface area contributed by atoms with Crippen molar-refractivity contribution in [2.75, 3.05) is 13.1 Å². The van der Waals surface area contributed by atoms with E-state index in [9.17, 15) is 13.2 Å². The van der Waals surface area contributed by atoms with E-state index in [1.165, 1.54) is 0 Å². The standard InChI is InChI=1S/C19H22N2O4S/c22-19(25-14-17-7-4-10-20-13-17)21-11-8-18(9-12-21)26(23,24)15-16-5-2-1-3-6-16/h1-7,10,13,18H,8-9,11-12,14-15H2. The lowest BCUT2D eigenvalue weighted by atomic mass is 10.1. The molecule has 2 heterocycles. The first-order chi connectivity index (χ1) is 12.5. The van der Waals surface area contributed by atoms with Gasteiger partial charge in [0.05, 0.1) is 11.0 Å². The molecule has 138 valence electrons. The smallest absolute Gasteiger partial charge is 0.410 e. The number of ether oxygens (including phenoxy) is 1. The SMILES string of the molecule is O=C(OCc1cccnc1)N1CCC(S(=O)(=O)Cc2ccccc2)CC1. The van der Waals surface area contributed by atoms with Gasteiger partial charge in [-0.25, -0.2) is 13.2 Å². The third-order valence-corrected chi connectivity index (χ3v) is 6.73. The fourth-order valence-corrected chi connectivity index (χ4v) is 4.86. The van der Waals surface area contributed by atoms with Crippen LogP contribution in [-0.2, 0) is 26.9 Å². The summed E-state index contributed by atoms with van der Waals surface area (Å²) in [4.78, 5) is 17.7. The van der Waals surface area contributed by atoms with E-state index in [2.05, 4.69) is 4.98 Å². The first-order valence-electron chi connectivity index (χ1n) is 8.61. The highest BCUT2D eigenvalue weighted by molar-refractivity contribution is 7.91. The summed E-state index contributed by atoms with van der Waals surface area (Å²) in [5, 5.41) is -0.412. The number of hydrogen-bond donors (Lipinski definition) is 0. The zero-order chi connectivity index (χ0) is 18.4. The maximum absolute atomic E-state index is 12.6. The normalized spacial score (nSPS) is 15.6. The van der Waals surface area contributed by atoms with Crippen LogP contribution in [-0.4, -0.2) is 42.7 Å². The second kappa shape index (κ2) is 8.31. The molecule has 7 heteroatoms. The van der Waals surface area contributed by atoms with Gasteiger partial charge >= 0.3 is 6.09 Å². The second-order valence-corrected chi connectivity index (χ2v) is 8.68. The largest absolute Gasteiger partial charge is 0.444 e. The van der Waals surface area contributed by atoms with Crippen LogP contribution in [0.15, 0.2) is 54.9 Å². The van der Waals surface area contributed by atoms with E-state index in [0.717, 1.165) is 11.1 Å². The van der Waals surface area contributed by atoms with Crippen molar-refractivity contribution in [1.29, 1.82) is 0 Å². The third kappa shape index (κ3) is 4.82. The van der Waals surface area contributed by atoms with E-state index in [-0.39, 0.29) is 12.4 Å². The fourth-order valence-electron chi connectivity index (χ4n) is 3.04. The second-order valence-electron chi connectivity index (χ2n) is 6.40. The summed E-state index contributed by atoms with van der Waals surface area (Å²) in [6.07, 6.45) is 3.78. The highest BCUT2D eigenvalue weighted by Crippen LogP contribution is 2.22. The summed E-state index contributed by atoms with van der Waals surface area (Å²) < 4.78 is 30.5. The van der Waals surface area contributed by atoms with Crippen molar-refractivity contribution >= 4 is 15.9 Å². The Bertz CT molecular complexity index is 817. The predicted molar refractivity (Wildman–Crippen MR) is 98.1 cm³/mol. The van der Waals surface area contributed by atoms with Crippen LogP contribution in [0.2, 0.25) is 0 Å². The van der Waals surface area contributed by atoms with Crippen LogP contribution in [0, 0.1) is 0 Å². The number of aromatic nitrogens is 1. The summed E-state index contributed by atoms with van der Waals surface area (Å²) in [6, 6.07) is 12.8. The van der Waals surface area contributed by atoms with Crippen molar-refractivity contribution in [2.24, 2.45) is 0 Å². The Kier molecular flexibility index (Phi) is 5.88. The minimum Gasteiger partial charge on any atom is -0.444 e. The van der Waals surface area contributed by atoms with Gasteiger partial charge in [-0.1, -0.05) is 36.4 Å². The van der Waals surface area contributed by atoms with Crippen LogP contribution in [0.25, 0.3) is 0 Å². The van der Waals surface area contributed by atoms with Crippen molar-refractivity contribution in [2.45, 2.75) is 30.5 Å². The van der Waals surface area contributed by atoms with E-state index in [0.29, 0.717) is 25.9 Å². The van der Waals surface area contributed by atoms with E-state index < -0.39 is 21.2 Å². The highest BCUT2D eigenvalue weighted by Gasteiger charge is 2.32. The molecule has 1 aromatic heterocycles. The number of carbonyl (C=O) groups is 1. The molecule has 0 radical (unpaired) electrons. The summed E-state index contributed by atoms with van der Waals surface area (Å²) in [5.74, 6) is 0.0456. The summed E-state index contributed by atoms with van der Waals surface area (Å²) in [7, 11) is -3.23. The number of hydrogen-bond acceptors (Lipinski definition) is 5. The molecule has 1 aliphatic rings. The van der Waals surface area contributed by atoms with E-state index in [1.807, 2.05) is 36.4 Å². The lowest BCUT2D eigenvalue weighted by Crippen LogP contribution is -2.42. The topological polar surface area (TPSA) is 76.6 Å². The fraction of sp³-hybridized carbons (Fsp3) is 0.368. The molecular formula is C19H22N2O4S. The predicted octanol–water partition coefficient (Wildman–Crippen LogP) is 2.80. The van der Waals surface area contributed by atoms with Crippen molar-refractivity contribution in [3.63, 3.8) is 0 Å². The molecule has 6 nitrogen and oxygen atoms in total. The van der Waals surface area contributed by atoms with Gasteiger partial charge in [0.1, 0.15) is 6.61 Å². The van der Waals surface area contributed by atoms with Crippen LogP contribution in [0.1, 0.15) is 24.0 Å². The van der Waals surface area contributed by atoms with Crippen molar-refractivity contribution in [1.82, 2.24) is 9.88 Å². The molecule has 0 N–H and O–H groups in total. The molecule has 1 amide bonds. The van der Waals surface area contributed by atoms with Gasteiger partial charge in [0.2, 0.25) is 0 Å². The molecule has 1 aromatic carbocycles. The number of benzene rings is 1. The molecule has 1 fully saturated rings. The first-order valence-corrected chi connectivity index (χ1v) is 10.3. The lowest BCUT2D eigenvalue weighted by Gasteiger charge is -2.31. The molecule has 0 atom stereocenters. The zero-order valence-corrected chi connectivity index (χ0v) is 15.3. The monoisotopic (exact) mass is 374 g/mol. The number of amides is 1. The molecule has 1 saturated heterocycles. The molecule has 26 heavy (non-hydrogen) atoms. The molecule has 2 aromatic rings. The minimum absolute atomic E-state index is 0.0456. The number of nitrogens with zero attached hydrogens (tertiary/aromatic N) is 2. The minimum atomic E-state index is -3.23. The molecule has 0 bridgehead atoms. The maximum atomic E-state index is 12.6. The summed E-state index contributed by atoms with van der Waals surface area (Å²) in [5.41, 5.74) is 1.62. The van der Waals surface area contributed by atoms with Gasteiger partial charge in [-0.2, -0.15) is 0 Å². The van der Waals surface area contributed by atoms with Crippen LogP contribution >= 0.6 is 0 Å². The highest BCUT2D eigenvalue weighted by atomic mass is 32.2. The summed E-state index contributed by atoms with van der Waals surface area (Å²) >= 11 is 0. The average molecular weight is 374 g/mol. The molecule has 0 aliphatic carbocycles. The quantitative estimate of drug-likeness (QED) is 0.804. The molecule has 0 saturated carbocycles. The number of piperidine rings is 1. The van der Waals surface area contributed by atoms with E-state index in [4.69, 9.17) is 4.74 Å².